The first-order valence-electron chi connectivity index (χ1n) is 7.74. The third-order valence-electron chi connectivity index (χ3n) is 4.56. The van der Waals surface area contributed by atoms with Gasteiger partial charge in [0.25, 0.3) is 0 Å². The standard InChI is InChI=1S/C16H22FN3O/c1-2-18-9-12-13(17)6-3-7-14(12)20-8-4-5-11-15(20)10-19-16(11)21/h3,6-7,11,15,18H,2,4-5,8-10H2,1H3,(H,19,21). The smallest absolute Gasteiger partial charge is 0.225 e. The quantitative estimate of drug-likeness (QED) is 0.886. The molecule has 2 heterocycles. The van der Waals surface area contributed by atoms with Crippen molar-refractivity contribution in [2.45, 2.75) is 32.4 Å². The first-order chi connectivity index (χ1) is 10.2. The van der Waals surface area contributed by atoms with Crippen molar-refractivity contribution in [3.8, 4) is 0 Å². The molecule has 0 spiro atoms. The monoisotopic (exact) mass is 291 g/mol. The van der Waals surface area contributed by atoms with Gasteiger partial charge in [-0.3, -0.25) is 4.79 Å². The topological polar surface area (TPSA) is 44.4 Å². The van der Waals surface area contributed by atoms with E-state index >= 15 is 0 Å². The molecule has 1 amide bonds. The van der Waals surface area contributed by atoms with Crippen molar-refractivity contribution in [2.24, 2.45) is 5.92 Å². The number of nitrogens with zero attached hydrogens (tertiary/aromatic N) is 1. The van der Waals surface area contributed by atoms with Crippen LogP contribution >= 0.6 is 0 Å². The SMILES string of the molecule is CCNCc1c(F)cccc1N1CCCC2C(=O)NCC21. The third kappa shape index (κ3) is 2.62. The Balaban J connectivity index is 1.92. The summed E-state index contributed by atoms with van der Waals surface area (Å²) in [5.74, 6) is 0.0243. The zero-order chi connectivity index (χ0) is 14.8. The zero-order valence-corrected chi connectivity index (χ0v) is 12.4. The van der Waals surface area contributed by atoms with Gasteiger partial charge in [-0.15, -0.1) is 0 Å². The number of benzene rings is 1. The van der Waals surface area contributed by atoms with Gasteiger partial charge in [0.1, 0.15) is 5.82 Å². The summed E-state index contributed by atoms with van der Waals surface area (Å²) in [6.07, 6.45) is 1.91. The molecule has 2 unspecified atom stereocenters. The summed E-state index contributed by atoms with van der Waals surface area (Å²) >= 11 is 0. The Morgan fingerprint density at radius 1 is 1.48 bits per heavy atom. The summed E-state index contributed by atoms with van der Waals surface area (Å²) in [7, 11) is 0. The highest BCUT2D eigenvalue weighted by Crippen LogP contribution is 2.34. The van der Waals surface area contributed by atoms with Crippen LogP contribution in [0.1, 0.15) is 25.3 Å². The van der Waals surface area contributed by atoms with Crippen LogP contribution in [0, 0.1) is 11.7 Å². The Morgan fingerprint density at radius 2 is 2.33 bits per heavy atom. The van der Waals surface area contributed by atoms with Crippen molar-refractivity contribution >= 4 is 11.6 Å². The number of piperidine rings is 1. The molecule has 0 aromatic heterocycles. The minimum atomic E-state index is -0.173. The number of halogens is 1. The van der Waals surface area contributed by atoms with E-state index in [-0.39, 0.29) is 23.7 Å². The minimum absolute atomic E-state index is 0.0500. The third-order valence-corrected chi connectivity index (χ3v) is 4.56. The van der Waals surface area contributed by atoms with Crippen molar-refractivity contribution in [3.63, 3.8) is 0 Å². The number of hydrogen-bond donors (Lipinski definition) is 2. The summed E-state index contributed by atoms with van der Waals surface area (Å²) in [5, 5.41) is 6.15. The molecule has 2 N–H and O–H groups in total. The van der Waals surface area contributed by atoms with Crippen LogP contribution < -0.4 is 15.5 Å². The molecule has 21 heavy (non-hydrogen) atoms. The van der Waals surface area contributed by atoms with E-state index in [2.05, 4.69) is 15.5 Å². The van der Waals surface area contributed by atoms with Crippen molar-refractivity contribution in [2.75, 3.05) is 24.5 Å². The van der Waals surface area contributed by atoms with Gasteiger partial charge in [0.15, 0.2) is 0 Å². The number of carbonyl (C=O) groups is 1. The van der Waals surface area contributed by atoms with Crippen LogP contribution in [0.5, 0.6) is 0 Å². The van der Waals surface area contributed by atoms with Gasteiger partial charge in [0, 0.05) is 30.9 Å². The Bertz CT molecular complexity index is 534. The van der Waals surface area contributed by atoms with Crippen molar-refractivity contribution in [3.05, 3.63) is 29.6 Å². The molecule has 2 atom stereocenters. The lowest BCUT2D eigenvalue weighted by molar-refractivity contribution is -0.122. The summed E-state index contributed by atoms with van der Waals surface area (Å²) in [6, 6.07) is 5.40. The van der Waals surface area contributed by atoms with E-state index in [4.69, 9.17) is 0 Å². The molecular formula is C16H22FN3O. The first kappa shape index (κ1) is 14.3. The van der Waals surface area contributed by atoms with E-state index in [9.17, 15) is 9.18 Å². The van der Waals surface area contributed by atoms with E-state index in [1.54, 1.807) is 6.07 Å². The highest BCUT2D eigenvalue weighted by atomic mass is 19.1. The fourth-order valence-corrected chi connectivity index (χ4v) is 3.49. The van der Waals surface area contributed by atoms with Gasteiger partial charge in [-0.25, -0.2) is 4.39 Å². The number of hydrogen-bond acceptors (Lipinski definition) is 3. The van der Waals surface area contributed by atoms with Crippen molar-refractivity contribution in [1.29, 1.82) is 0 Å². The van der Waals surface area contributed by atoms with Gasteiger partial charge in [-0.1, -0.05) is 13.0 Å². The fourth-order valence-electron chi connectivity index (χ4n) is 3.49. The van der Waals surface area contributed by atoms with Crippen molar-refractivity contribution in [1.82, 2.24) is 10.6 Å². The Hall–Kier alpha value is -1.62. The predicted octanol–water partition coefficient (Wildman–Crippen LogP) is 1.65. The molecule has 1 aromatic rings. The van der Waals surface area contributed by atoms with Crippen LogP contribution in [0.3, 0.4) is 0 Å². The molecule has 2 aliphatic rings. The highest BCUT2D eigenvalue weighted by Gasteiger charge is 2.41. The number of fused-ring (bicyclic) bond motifs is 1. The maximum atomic E-state index is 14.2. The molecule has 2 saturated heterocycles. The Kier molecular flexibility index (Phi) is 4.10. The minimum Gasteiger partial charge on any atom is -0.366 e. The number of nitrogens with one attached hydrogen (secondary N) is 2. The van der Waals surface area contributed by atoms with Gasteiger partial charge >= 0.3 is 0 Å². The maximum Gasteiger partial charge on any atom is 0.225 e. The second-order valence-corrected chi connectivity index (χ2v) is 5.77. The molecule has 0 saturated carbocycles. The maximum absolute atomic E-state index is 14.2. The van der Waals surface area contributed by atoms with E-state index in [0.717, 1.165) is 31.6 Å². The summed E-state index contributed by atoms with van der Waals surface area (Å²) in [6.45, 7) is 4.89. The lowest BCUT2D eigenvalue weighted by Crippen LogP contribution is -2.46. The van der Waals surface area contributed by atoms with Gasteiger partial charge < -0.3 is 15.5 Å². The van der Waals surface area contributed by atoms with Crippen LogP contribution in [0.2, 0.25) is 0 Å². The molecule has 114 valence electrons. The molecule has 2 aliphatic heterocycles. The zero-order valence-electron chi connectivity index (χ0n) is 12.4. The van der Waals surface area contributed by atoms with E-state index in [0.29, 0.717) is 18.7 Å². The average molecular weight is 291 g/mol. The number of carbonyl (C=O) groups excluding carboxylic acids is 1. The van der Waals surface area contributed by atoms with Crippen LogP contribution in [0.4, 0.5) is 10.1 Å². The second-order valence-electron chi connectivity index (χ2n) is 5.77. The number of anilines is 1. The molecule has 3 rings (SSSR count). The van der Waals surface area contributed by atoms with Gasteiger partial charge in [0.05, 0.1) is 12.0 Å². The molecule has 2 fully saturated rings. The Labute approximate surface area is 124 Å². The molecule has 4 nitrogen and oxygen atoms in total. The van der Waals surface area contributed by atoms with Crippen LogP contribution in [0.15, 0.2) is 18.2 Å². The second kappa shape index (κ2) is 6.02. The van der Waals surface area contributed by atoms with E-state index in [1.807, 2.05) is 13.0 Å². The van der Waals surface area contributed by atoms with Crippen LogP contribution in [0.25, 0.3) is 0 Å². The largest absolute Gasteiger partial charge is 0.366 e. The lowest BCUT2D eigenvalue weighted by Gasteiger charge is -2.38. The van der Waals surface area contributed by atoms with Crippen LogP contribution in [-0.4, -0.2) is 31.6 Å². The molecule has 0 radical (unpaired) electrons. The summed E-state index contributed by atoms with van der Waals surface area (Å²) < 4.78 is 14.2. The summed E-state index contributed by atoms with van der Waals surface area (Å²) in [5.41, 5.74) is 1.64. The molecule has 5 heteroatoms. The first-order valence-corrected chi connectivity index (χ1v) is 7.74. The molecule has 0 aliphatic carbocycles. The number of rotatable bonds is 4. The van der Waals surface area contributed by atoms with E-state index in [1.165, 1.54) is 6.07 Å². The van der Waals surface area contributed by atoms with Gasteiger partial charge in [0.2, 0.25) is 5.91 Å². The molecule has 1 aromatic carbocycles. The van der Waals surface area contributed by atoms with Gasteiger partial charge in [-0.2, -0.15) is 0 Å². The molecular weight excluding hydrogens is 269 g/mol. The summed E-state index contributed by atoms with van der Waals surface area (Å²) in [4.78, 5) is 14.1. The fraction of sp³-hybridized carbons (Fsp3) is 0.562. The average Bonchev–Trinajstić information content (AvgIpc) is 2.88. The highest BCUT2D eigenvalue weighted by molar-refractivity contribution is 5.83. The lowest BCUT2D eigenvalue weighted by atomic mass is 9.90. The van der Waals surface area contributed by atoms with E-state index < -0.39 is 0 Å². The normalized spacial score (nSPS) is 24.9. The predicted molar refractivity (Wildman–Crippen MR) is 80.6 cm³/mol. The van der Waals surface area contributed by atoms with Gasteiger partial charge in [-0.05, 0) is 31.5 Å². The molecule has 0 bridgehead atoms. The van der Waals surface area contributed by atoms with Crippen molar-refractivity contribution < 1.29 is 9.18 Å². The van der Waals surface area contributed by atoms with Crippen LogP contribution in [-0.2, 0) is 11.3 Å². The Morgan fingerprint density at radius 3 is 3.14 bits per heavy atom. The number of amides is 1.